The number of carbonyl (C=O) groups excluding carboxylic acids is 8. The Morgan fingerprint density at radius 3 is 0.762 bits per heavy atom. The lowest BCUT2D eigenvalue weighted by molar-refractivity contribution is -0.208. The first-order chi connectivity index (χ1) is 38.4. The van der Waals surface area contributed by atoms with Gasteiger partial charge in [0.2, 0.25) is 0 Å². The molecule has 0 aliphatic rings. The number of ether oxygens (including phenoxy) is 4. The van der Waals surface area contributed by atoms with Gasteiger partial charge in [0.1, 0.15) is 0 Å². The molecular formula is C56H66O20Si4. The summed E-state index contributed by atoms with van der Waals surface area (Å²) in [6.45, 7) is 13.6. The molecule has 2 atom stereocenters. The van der Waals surface area contributed by atoms with Crippen molar-refractivity contribution in [1.29, 1.82) is 0 Å². The SMILES string of the molecule is CC=C(C)[SiH2]c1ccc(C(=O)OOC(=O)OCCC(COC(=O)OOC(=O)c2ccc([SiH2]C(C)=CC)cc2)C(CCOC(=O)OOC(=O)c2ccc([SiH2]C(C)=CC)cc2)COC(=O)OOC(=O)c2ccc([SiH2]C(C)=CC)cc2)cc1. The largest absolute Gasteiger partial charge is 0.549 e. The summed E-state index contributed by atoms with van der Waals surface area (Å²) < 4.78 is 20.9. The van der Waals surface area contributed by atoms with Crippen LogP contribution in [-0.2, 0) is 58.0 Å². The number of hydrogen-bond donors (Lipinski definition) is 0. The summed E-state index contributed by atoms with van der Waals surface area (Å²) in [6.07, 6.45) is 1.77. The summed E-state index contributed by atoms with van der Waals surface area (Å²) >= 11 is 0. The number of allylic oxidation sites excluding steroid dienone is 8. The van der Waals surface area contributed by atoms with Crippen molar-refractivity contribution < 1.29 is 96.4 Å². The van der Waals surface area contributed by atoms with Gasteiger partial charge in [0.05, 0.1) is 86.8 Å². The highest BCUT2D eigenvalue weighted by atomic mass is 28.2. The molecule has 0 amide bonds. The molecule has 0 spiro atoms. The lowest BCUT2D eigenvalue weighted by Gasteiger charge is -2.25. The zero-order chi connectivity index (χ0) is 58.4. The van der Waals surface area contributed by atoms with Gasteiger partial charge in [-0.3, -0.25) is 0 Å². The van der Waals surface area contributed by atoms with Crippen molar-refractivity contribution in [3.63, 3.8) is 0 Å². The van der Waals surface area contributed by atoms with Crippen LogP contribution in [0.2, 0.25) is 0 Å². The molecule has 0 fully saturated rings. The number of carbonyl (C=O) groups is 8. The molecule has 0 saturated carbocycles. The van der Waals surface area contributed by atoms with Crippen LogP contribution in [0.25, 0.3) is 0 Å². The third kappa shape index (κ3) is 23.7. The smallest absolute Gasteiger partial charge is 0.432 e. The molecule has 24 heteroatoms. The van der Waals surface area contributed by atoms with Crippen molar-refractivity contribution in [2.45, 2.75) is 68.2 Å². The summed E-state index contributed by atoms with van der Waals surface area (Å²) in [5, 5.41) is 9.27. The highest BCUT2D eigenvalue weighted by Gasteiger charge is 2.29. The summed E-state index contributed by atoms with van der Waals surface area (Å²) in [5.74, 6) is -6.03. The molecule has 4 aromatic rings. The quantitative estimate of drug-likeness (QED) is 0.0289. The average molecular weight is 1170 g/mol. The summed E-state index contributed by atoms with van der Waals surface area (Å²) in [6, 6.07) is 26.4. The van der Waals surface area contributed by atoms with E-state index in [0.29, 0.717) is 0 Å². The van der Waals surface area contributed by atoms with E-state index in [9.17, 15) is 38.4 Å². The van der Waals surface area contributed by atoms with Gasteiger partial charge in [-0.05, 0) is 117 Å². The molecule has 0 radical (unpaired) electrons. The molecule has 80 heavy (non-hydrogen) atoms. The maximum Gasteiger partial charge on any atom is 0.549 e. The molecule has 0 aliphatic heterocycles. The fourth-order valence-electron chi connectivity index (χ4n) is 7.15. The molecule has 20 nitrogen and oxygen atoms in total. The fraction of sp³-hybridized carbons (Fsp3) is 0.286. The first kappa shape index (κ1) is 64.2. The van der Waals surface area contributed by atoms with Gasteiger partial charge < -0.3 is 18.9 Å². The van der Waals surface area contributed by atoms with E-state index >= 15 is 0 Å². The Morgan fingerprint density at radius 2 is 0.550 bits per heavy atom. The van der Waals surface area contributed by atoms with E-state index in [1.165, 1.54) is 69.3 Å². The van der Waals surface area contributed by atoms with E-state index in [1.54, 1.807) is 48.5 Å². The van der Waals surface area contributed by atoms with Crippen LogP contribution in [0.5, 0.6) is 0 Å². The molecule has 426 valence electrons. The zero-order valence-corrected chi connectivity index (χ0v) is 51.6. The van der Waals surface area contributed by atoms with Gasteiger partial charge in [0.15, 0.2) is 0 Å². The van der Waals surface area contributed by atoms with Gasteiger partial charge >= 0.3 is 48.5 Å². The lowest BCUT2D eigenvalue weighted by atomic mass is 9.88. The van der Waals surface area contributed by atoms with E-state index in [0.717, 1.165) is 20.7 Å². The molecule has 0 N–H and O–H groups in total. The van der Waals surface area contributed by atoms with E-state index < -0.39 is 125 Å². The first-order valence-electron chi connectivity index (χ1n) is 25.4. The van der Waals surface area contributed by atoms with Crippen molar-refractivity contribution in [1.82, 2.24) is 0 Å². The van der Waals surface area contributed by atoms with Crippen molar-refractivity contribution >= 4 is 107 Å². The van der Waals surface area contributed by atoms with Crippen molar-refractivity contribution in [3.8, 4) is 0 Å². The second kappa shape index (κ2) is 34.5. The van der Waals surface area contributed by atoms with Crippen LogP contribution in [0.4, 0.5) is 19.2 Å². The van der Waals surface area contributed by atoms with E-state index in [-0.39, 0.29) is 35.1 Å². The van der Waals surface area contributed by atoms with Crippen LogP contribution < -0.4 is 20.7 Å². The molecule has 0 saturated heterocycles. The lowest BCUT2D eigenvalue weighted by Crippen LogP contribution is -2.30. The van der Waals surface area contributed by atoms with Crippen molar-refractivity contribution in [2.75, 3.05) is 26.4 Å². The average Bonchev–Trinajstić information content (AvgIpc) is 3.46. The Hall–Kier alpha value is -8.33. The van der Waals surface area contributed by atoms with Crippen molar-refractivity contribution in [2.24, 2.45) is 11.8 Å². The summed E-state index contributed by atoms with van der Waals surface area (Å²) in [7, 11) is -2.84. The second-order valence-corrected chi connectivity index (χ2v) is 27.4. The minimum Gasteiger partial charge on any atom is -0.432 e. The number of benzene rings is 4. The van der Waals surface area contributed by atoms with E-state index in [1.807, 2.05) is 79.7 Å². The number of hydrogen-bond acceptors (Lipinski definition) is 20. The van der Waals surface area contributed by atoms with Gasteiger partial charge in [0, 0.05) is 11.8 Å². The van der Waals surface area contributed by atoms with Gasteiger partial charge in [-0.1, -0.05) is 114 Å². The monoisotopic (exact) mass is 1170 g/mol. The molecule has 0 aromatic heterocycles. The molecule has 0 heterocycles. The van der Waals surface area contributed by atoms with Crippen LogP contribution in [0, 0.1) is 11.8 Å². The molecule has 0 bridgehead atoms. The maximum atomic E-state index is 12.9. The molecule has 0 aliphatic carbocycles. The molecule has 4 rings (SSSR count). The number of rotatable bonds is 23. The Morgan fingerprint density at radius 1 is 0.338 bits per heavy atom. The third-order valence-corrected chi connectivity index (χ3v) is 19.7. The normalized spacial score (nSPS) is 12.9. The van der Waals surface area contributed by atoms with Crippen LogP contribution >= 0.6 is 0 Å². The summed E-state index contributed by atoms with van der Waals surface area (Å²) in [4.78, 5) is 139. The predicted molar refractivity (Wildman–Crippen MR) is 304 cm³/mol. The van der Waals surface area contributed by atoms with Crippen LogP contribution in [0.1, 0.15) is 110 Å². The van der Waals surface area contributed by atoms with Crippen LogP contribution in [0.3, 0.4) is 0 Å². The van der Waals surface area contributed by atoms with Gasteiger partial charge in [-0.15, -0.1) is 0 Å². The zero-order valence-electron chi connectivity index (χ0n) is 45.9. The highest BCUT2D eigenvalue weighted by Crippen LogP contribution is 2.23. The minimum atomic E-state index is -1.49. The molecule has 4 aromatic carbocycles. The molecule has 2 unspecified atom stereocenters. The second-order valence-electron chi connectivity index (χ2n) is 18.3. The Labute approximate surface area is 472 Å². The predicted octanol–water partition coefficient (Wildman–Crippen LogP) is 5.57. The standard InChI is InChI=1S/C56H66O20Si4/c1-9-35(5)77-45-21-13-39(14-22-45)49(57)69-73-53(61)65-31-29-43(33-67-55(63)75-71-51(59)41-17-25-47(26-18-41)79-37(7)11-3)44(34-68-56(64)76-72-52(60)42-19-27-48(28-20-42)80-38(8)12-4)30-32-66-54(62)74-70-50(58)40-15-23-46(24-16-40)78-36(6)10-2/h9-28,43-44H,29-34,77-80H2,1-8H3. The molecular weight excluding hydrogens is 1100 g/mol. The van der Waals surface area contributed by atoms with Crippen molar-refractivity contribution in [3.05, 3.63) is 164 Å². The highest BCUT2D eigenvalue weighted by molar-refractivity contribution is 6.62. The fourth-order valence-corrected chi connectivity index (χ4v) is 12.4. The van der Waals surface area contributed by atoms with Gasteiger partial charge in [-0.25, -0.2) is 58.3 Å². The van der Waals surface area contributed by atoms with Gasteiger partial charge in [0.25, 0.3) is 0 Å². The minimum absolute atomic E-state index is 0.0826. The van der Waals surface area contributed by atoms with Crippen LogP contribution in [0.15, 0.2) is 142 Å². The van der Waals surface area contributed by atoms with E-state index in [4.69, 9.17) is 38.5 Å². The Bertz CT molecular complexity index is 2670. The maximum absolute atomic E-state index is 12.9. The van der Waals surface area contributed by atoms with Crippen LogP contribution in [-0.4, -0.2) is 113 Å². The Kier molecular flexibility index (Phi) is 27.7. The first-order valence-corrected chi connectivity index (χ1v) is 31.1. The third-order valence-electron chi connectivity index (χ3n) is 12.3. The summed E-state index contributed by atoms with van der Waals surface area (Å²) in [5.41, 5.74) is 0.371. The van der Waals surface area contributed by atoms with E-state index in [2.05, 4.69) is 19.6 Å². The topological polar surface area (TPSA) is 247 Å². The Balaban J connectivity index is 1.46. The van der Waals surface area contributed by atoms with Gasteiger partial charge in [-0.2, -0.15) is 19.2 Å².